The Labute approximate surface area is 92.1 Å². The highest BCUT2D eigenvalue weighted by Gasteiger charge is 2.03. The lowest BCUT2D eigenvalue weighted by molar-refractivity contribution is -0.129. The Hall–Kier alpha value is -1.21. The Balaban J connectivity index is 2.66. The summed E-state index contributed by atoms with van der Waals surface area (Å²) >= 11 is 8.21. The van der Waals surface area contributed by atoms with Crippen molar-refractivity contribution in [2.45, 2.75) is 0 Å². The number of hydrogen-bond donors (Lipinski definition) is 2. The Morgan fingerprint density at radius 1 is 1.57 bits per heavy atom. The molecule has 0 amide bonds. The van der Waals surface area contributed by atoms with E-state index < -0.39 is 5.97 Å². The SMILES string of the molecule is O=C(O)/C(Br)=N\Nc1ccc(Cl)nn1. The number of carbonyl (C=O) groups is 1. The Kier molecular flexibility index (Phi) is 3.78. The van der Waals surface area contributed by atoms with E-state index in [1.165, 1.54) is 12.1 Å². The second-order valence-electron chi connectivity index (χ2n) is 2.06. The number of nitrogens with zero attached hydrogens (tertiary/aromatic N) is 3. The lowest BCUT2D eigenvalue weighted by Crippen LogP contribution is -2.07. The first-order valence-corrected chi connectivity index (χ1v) is 4.48. The molecule has 0 aliphatic carbocycles. The average Bonchev–Trinajstić information content (AvgIpc) is 2.16. The van der Waals surface area contributed by atoms with Crippen LogP contribution in [0.1, 0.15) is 0 Å². The molecule has 8 heteroatoms. The van der Waals surface area contributed by atoms with Crippen LogP contribution < -0.4 is 5.43 Å². The van der Waals surface area contributed by atoms with Crippen LogP contribution in [0.25, 0.3) is 0 Å². The van der Waals surface area contributed by atoms with Gasteiger partial charge >= 0.3 is 5.97 Å². The number of aromatic nitrogens is 2. The molecule has 1 rings (SSSR count). The van der Waals surface area contributed by atoms with Crippen molar-refractivity contribution in [3.8, 4) is 0 Å². The molecule has 0 spiro atoms. The van der Waals surface area contributed by atoms with E-state index in [1.54, 1.807) is 0 Å². The van der Waals surface area contributed by atoms with E-state index >= 15 is 0 Å². The lowest BCUT2D eigenvalue weighted by Gasteiger charge is -1.97. The fourth-order valence-corrected chi connectivity index (χ4v) is 0.719. The van der Waals surface area contributed by atoms with E-state index in [1.807, 2.05) is 0 Å². The van der Waals surface area contributed by atoms with Crippen molar-refractivity contribution >= 4 is 43.9 Å². The number of carboxylic acid groups (broad SMARTS) is 1. The summed E-state index contributed by atoms with van der Waals surface area (Å²) in [6.45, 7) is 0. The van der Waals surface area contributed by atoms with Crippen molar-refractivity contribution in [3.05, 3.63) is 17.3 Å². The molecule has 1 heterocycles. The van der Waals surface area contributed by atoms with Crippen LogP contribution in [-0.2, 0) is 4.79 Å². The van der Waals surface area contributed by atoms with Gasteiger partial charge in [-0.25, -0.2) is 4.79 Å². The molecule has 0 fully saturated rings. The summed E-state index contributed by atoms with van der Waals surface area (Å²) in [6, 6.07) is 3.02. The Morgan fingerprint density at radius 3 is 2.79 bits per heavy atom. The first-order valence-electron chi connectivity index (χ1n) is 3.31. The van der Waals surface area contributed by atoms with E-state index in [-0.39, 0.29) is 9.77 Å². The summed E-state index contributed by atoms with van der Waals surface area (Å²) in [5.41, 5.74) is 2.38. The fourth-order valence-electron chi connectivity index (χ4n) is 0.530. The highest BCUT2D eigenvalue weighted by atomic mass is 79.9. The predicted molar refractivity (Wildman–Crippen MR) is 54.7 cm³/mol. The first kappa shape index (κ1) is 10.9. The normalized spacial score (nSPS) is 11.1. The Bertz CT molecular complexity index is 367. The van der Waals surface area contributed by atoms with Gasteiger partial charge in [0.1, 0.15) is 0 Å². The Morgan fingerprint density at radius 2 is 2.29 bits per heavy atom. The second-order valence-corrected chi connectivity index (χ2v) is 3.20. The van der Waals surface area contributed by atoms with Crippen LogP contribution >= 0.6 is 27.5 Å². The summed E-state index contributed by atoms with van der Waals surface area (Å²) in [7, 11) is 0. The minimum Gasteiger partial charge on any atom is -0.476 e. The molecule has 0 aromatic carbocycles. The molecule has 1 aromatic heterocycles. The van der Waals surface area contributed by atoms with Gasteiger partial charge in [0.05, 0.1) is 0 Å². The number of halogens is 2. The number of aliphatic carboxylic acids is 1. The molecule has 74 valence electrons. The van der Waals surface area contributed by atoms with Crippen LogP contribution in [0.15, 0.2) is 17.2 Å². The summed E-state index contributed by atoms with van der Waals surface area (Å²) in [5, 5.41) is 19.3. The van der Waals surface area contributed by atoms with Crippen LogP contribution in [-0.4, -0.2) is 25.9 Å². The first-order chi connectivity index (χ1) is 6.59. The van der Waals surface area contributed by atoms with E-state index in [2.05, 4.69) is 36.7 Å². The molecule has 2 N–H and O–H groups in total. The molecule has 0 unspecified atom stereocenters. The molecule has 0 saturated carbocycles. The van der Waals surface area contributed by atoms with Crippen molar-refractivity contribution < 1.29 is 9.90 Å². The topological polar surface area (TPSA) is 87.5 Å². The van der Waals surface area contributed by atoms with Gasteiger partial charge < -0.3 is 5.11 Å². The minimum absolute atomic E-state index is 0.247. The van der Waals surface area contributed by atoms with Crippen molar-refractivity contribution in [1.82, 2.24) is 10.2 Å². The smallest absolute Gasteiger partial charge is 0.363 e. The molecule has 0 saturated heterocycles. The predicted octanol–water partition coefficient (Wildman–Crippen LogP) is 1.33. The number of carboxylic acids is 1. The molecule has 0 bridgehead atoms. The highest BCUT2D eigenvalue weighted by molar-refractivity contribution is 9.19. The molecule has 1 aromatic rings. The average molecular weight is 279 g/mol. The monoisotopic (exact) mass is 278 g/mol. The quantitative estimate of drug-likeness (QED) is 0.644. The summed E-state index contributed by atoms with van der Waals surface area (Å²) in [4.78, 5) is 10.3. The van der Waals surface area contributed by atoms with Crippen molar-refractivity contribution in [2.75, 3.05) is 5.43 Å². The van der Waals surface area contributed by atoms with E-state index in [9.17, 15) is 4.79 Å². The fraction of sp³-hybridized carbons (Fsp3) is 0. The molecule has 0 atom stereocenters. The van der Waals surface area contributed by atoms with Crippen LogP contribution in [0.3, 0.4) is 0 Å². The maximum Gasteiger partial charge on any atom is 0.363 e. The molecular weight excluding hydrogens is 275 g/mol. The van der Waals surface area contributed by atoms with Gasteiger partial charge in [0, 0.05) is 0 Å². The van der Waals surface area contributed by atoms with Crippen LogP contribution in [0.2, 0.25) is 5.15 Å². The zero-order chi connectivity index (χ0) is 10.6. The summed E-state index contributed by atoms with van der Waals surface area (Å²) < 4.78 is -0.255. The third kappa shape index (κ3) is 3.27. The van der Waals surface area contributed by atoms with Gasteiger partial charge in [-0.3, -0.25) is 5.43 Å². The maximum atomic E-state index is 10.3. The van der Waals surface area contributed by atoms with Crippen LogP contribution in [0, 0.1) is 0 Å². The van der Waals surface area contributed by atoms with Gasteiger partial charge in [0.2, 0.25) is 4.62 Å². The third-order valence-corrected chi connectivity index (χ3v) is 1.80. The van der Waals surface area contributed by atoms with Crippen molar-refractivity contribution in [3.63, 3.8) is 0 Å². The second kappa shape index (κ2) is 4.87. The van der Waals surface area contributed by atoms with Crippen LogP contribution in [0.4, 0.5) is 5.82 Å². The van der Waals surface area contributed by atoms with Crippen molar-refractivity contribution in [1.29, 1.82) is 0 Å². The van der Waals surface area contributed by atoms with Gasteiger partial charge in [-0.05, 0) is 28.1 Å². The molecular formula is C6H4BrClN4O2. The zero-order valence-electron chi connectivity index (χ0n) is 6.61. The molecule has 0 aliphatic heterocycles. The lowest BCUT2D eigenvalue weighted by atomic mass is 10.5. The summed E-state index contributed by atoms with van der Waals surface area (Å²) in [6.07, 6.45) is 0. The van der Waals surface area contributed by atoms with Gasteiger partial charge in [0.15, 0.2) is 11.0 Å². The standard InChI is InChI=1S/C6H4BrClN4O2/c7-5(6(13)14)12-11-4-2-1-3(8)9-10-4/h1-2H,(H,10,11)(H,13,14)/b12-5+. The largest absolute Gasteiger partial charge is 0.476 e. The molecule has 6 nitrogen and oxygen atoms in total. The number of hydrazone groups is 1. The van der Waals surface area contributed by atoms with Gasteiger partial charge in [-0.1, -0.05) is 11.6 Å². The highest BCUT2D eigenvalue weighted by Crippen LogP contribution is 2.06. The van der Waals surface area contributed by atoms with E-state index in [4.69, 9.17) is 16.7 Å². The number of hydrogen-bond acceptors (Lipinski definition) is 5. The summed E-state index contributed by atoms with van der Waals surface area (Å²) in [5.74, 6) is -0.882. The molecule has 0 radical (unpaired) electrons. The minimum atomic E-state index is -1.18. The number of anilines is 1. The molecule has 14 heavy (non-hydrogen) atoms. The molecule has 0 aliphatic rings. The van der Waals surface area contributed by atoms with Gasteiger partial charge in [-0.15, -0.1) is 10.2 Å². The van der Waals surface area contributed by atoms with Crippen LogP contribution in [0.5, 0.6) is 0 Å². The van der Waals surface area contributed by atoms with E-state index in [0.717, 1.165) is 0 Å². The maximum absolute atomic E-state index is 10.3. The van der Waals surface area contributed by atoms with Gasteiger partial charge in [-0.2, -0.15) is 5.10 Å². The van der Waals surface area contributed by atoms with E-state index in [0.29, 0.717) is 5.82 Å². The number of nitrogens with one attached hydrogen (secondary N) is 1. The number of rotatable bonds is 3. The third-order valence-electron chi connectivity index (χ3n) is 1.08. The zero-order valence-corrected chi connectivity index (χ0v) is 8.95. The van der Waals surface area contributed by atoms with Gasteiger partial charge in [0.25, 0.3) is 0 Å². The van der Waals surface area contributed by atoms with Crippen molar-refractivity contribution in [2.24, 2.45) is 5.10 Å².